The predicted octanol–water partition coefficient (Wildman–Crippen LogP) is 0.551. The molecule has 2 rings (SSSR count). The zero-order chi connectivity index (χ0) is 12.3. The highest BCUT2D eigenvalue weighted by Crippen LogP contribution is 2.27. The Balaban J connectivity index is 1.74. The topological polar surface area (TPSA) is 45.5 Å². The quantitative estimate of drug-likeness (QED) is 0.812. The fourth-order valence-electron chi connectivity index (χ4n) is 2.31. The molecule has 17 heavy (non-hydrogen) atoms. The summed E-state index contributed by atoms with van der Waals surface area (Å²) in [5.74, 6) is 0.627. The van der Waals surface area contributed by atoms with Crippen molar-refractivity contribution in [3.8, 4) is 0 Å². The third kappa shape index (κ3) is 3.41. The van der Waals surface area contributed by atoms with Crippen molar-refractivity contribution in [1.82, 2.24) is 9.47 Å². The first-order valence-electron chi connectivity index (χ1n) is 6.17. The normalized spacial score (nSPS) is 23.7. The molecule has 4 nitrogen and oxygen atoms in total. The average molecular weight is 236 g/mol. The van der Waals surface area contributed by atoms with Crippen LogP contribution in [0.15, 0.2) is 29.2 Å². The van der Waals surface area contributed by atoms with Crippen LogP contribution in [-0.4, -0.2) is 40.8 Å². The molecule has 94 valence electrons. The smallest absolute Gasteiger partial charge is 0.250 e. The van der Waals surface area contributed by atoms with Crippen LogP contribution in [0.4, 0.5) is 0 Å². The molecule has 0 aliphatic heterocycles. The summed E-state index contributed by atoms with van der Waals surface area (Å²) in [5.41, 5.74) is 0.0555. The van der Waals surface area contributed by atoms with E-state index in [0.29, 0.717) is 5.92 Å². The molecule has 0 amide bonds. The van der Waals surface area contributed by atoms with Crippen LogP contribution >= 0.6 is 0 Å². The van der Waals surface area contributed by atoms with Crippen molar-refractivity contribution >= 4 is 0 Å². The van der Waals surface area contributed by atoms with Crippen LogP contribution in [-0.2, 0) is 6.54 Å². The number of nitrogens with zero attached hydrogens (tertiary/aromatic N) is 2. The van der Waals surface area contributed by atoms with Gasteiger partial charge in [0.05, 0.1) is 6.10 Å². The first-order chi connectivity index (χ1) is 8.15. The van der Waals surface area contributed by atoms with E-state index in [9.17, 15) is 9.90 Å². The van der Waals surface area contributed by atoms with E-state index in [1.54, 1.807) is 16.7 Å². The molecule has 1 heterocycles. The molecule has 0 spiro atoms. The zero-order valence-corrected chi connectivity index (χ0v) is 10.2. The van der Waals surface area contributed by atoms with Gasteiger partial charge in [-0.2, -0.15) is 0 Å². The van der Waals surface area contributed by atoms with Gasteiger partial charge in [-0.15, -0.1) is 0 Å². The lowest BCUT2D eigenvalue weighted by Gasteiger charge is -2.34. The summed E-state index contributed by atoms with van der Waals surface area (Å²) in [6.07, 6.45) is 3.60. The van der Waals surface area contributed by atoms with Crippen molar-refractivity contribution in [2.45, 2.75) is 25.5 Å². The maximum atomic E-state index is 11.5. The molecule has 1 saturated carbocycles. The Labute approximate surface area is 101 Å². The number of pyridine rings is 1. The minimum Gasteiger partial charge on any atom is -0.393 e. The summed E-state index contributed by atoms with van der Waals surface area (Å²) >= 11 is 0. The highest BCUT2D eigenvalue weighted by Gasteiger charge is 2.27. The number of hydrogen-bond acceptors (Lipinski definition) is 3. The van der Waals surface area contributed by atoms with Gasteiger partial charge in [-0.05, 0) is 31.9 Å². The molecule has 1 aromatic heterocycles. The molecule has 1 N–H and O–H groups in total. The zero-order valence-electron chi connectivity index (χ0n) is 10.2. The highest BCUT2D eigenvalue weighted by atomic mass is 16.3. The minimum absolute atomic E-state index is 0.0555. The molecule has 4 heteroatoms. The van der Waals surface area contributed by atoms with E-state index in [2.05, 4.69) is 11.9 Å². The van der Waals surface area contributed by atoms with Crippen LogP contribution in [0.25, 0.3) is 0 Å². The number of rotatable bonds is 5. The Morgan fingerprint density at radius 3 is 2.88 bits per heavy atom. The lowest BCUT2D eigenvalue weighted by atomic mass is 9.82. The average Bonchev–Trinajstić information content (AvgIpc) is 2.26. The van der Waals surface area contributed by atoms with Crippen LogP contribution in [0.5, 0.6) is 0 Å². The molecule has 0 aromatic carbocycles. The molecular weight excluding hydrogens is 216 g/mol. The van der Waals surface area contributed by atoms with E-state index < -0.39 is 0 Å². The van der Waals surface area contributed by atoms with Crippen LogP contribution in [0.1, 0.15) is 12.8 Å². The molecular formula is C13H20N2O2. The van der Waals surface area contributed by atoms with E-state index in [1.807, 2.05) is 12.3 Å². The van der Waals surface area contributed by atoms with Gasteiger partial charge in [0.25, 0.3) is 5.56 Å². The molecule has 1 aromatic rings. The van der Waals surface area contributed by atoms with Gasteiger partial charge in [0, 0.05) is 31.9 Å². The van der Waals surface area contributed by atoms with Crippen molar-refractivity contribution < 1.29 is 5.11 Å². The molecule has 1 aliphatic carbocycles. The molecule has 1 aliphatic rings. The third-order valence-electron chi connectivity index (χ3n) is 3.40. The van der Waals surface area contributed by atoms with Crippen LogP contribution < -0.4 is 5.56 Å². The largest absolute Gasteiger partial charge is 0.393 e. The van der Waals surface area contributed by atoms with Crippen molar-refractivity contribution in [3.63, 3.8) is 0 Å². The van der Waals surface area contributed by atoms with Crippen LogP contribution in [0.3, 0.4) is 0 Å². The number of aromatic nitrogens is 1. The molecule has 0 unspecified atom stereocenters. The van der Waals surface area contributed by atoms with Gasteiger partial charge >= 0.3 is 0 Å². The summed E-state index contributed by atoms with van der Waals surface area (Å²) in [4.78, 5) is 13.7. The van der Waals surface area contributed by atoms with E-state index in [0.717, 1.165) is 32.5 Å². The van der Waals surface area contributed by atoms with E-state index in [1.165, 1.54) is 0 Å². The van der Waals surface area contributed by atoms with Gasteiger partial charge in [-0.1, -0.05) is 6.07 Å². The van der Waals surface area contributed by atoms with Gasteiger partial charge in [-0.3, -0.25) is 4.79 Å². The van der Waals surface area contributed by atoms with Crippen molar-refractivity contribution in [2.24, 2.45) is 5.92 Å². The van der Waals surface area contributed by atoms with Gasteiger partial charge in [-0.25, -0.2) is 0 Å². The molecule has 0 bridgehead atoms. The van der Waals surface area contributed by atoms with Crippen molar-refractivity contribution in [1.29, 1.82) is 0 Å². The summed E-state index contributed by atoms with van der Waals surface area (Å²) in [5, 5.41) is 9.21. The summed E-state index contributed by atoms with van der Waals surface area (Å²) in [6.45, 7) is 2.61. The Morgan fingerprint density at radius 1 is 1.47 bits per heavy atom. The minimum atomic E-state index is -0.0786. The van der Waals surface area contributed by atoms with Crippen molar-refractivity contribution in [3.05, 3.63) is 34.7 Å². The first-order valence-corrected chi connectivity index (χ1v) is 6.17. The maximum Gasteiger partial charge on any atom is 0.250 e. The van der Waals surface area contributed by atoms with Gasteiger partial charge in [0.1, 0.15) is 0 Å². The lowest BCUT2D eigenvalue weighted by molar-refractivity contribution is 0.0279. The molecule has 0 saturated heterocycles. The van der Waals surface area contributed by atoms with Gasteiger partial charge in [0.2, 0.25) is 0 Å². The number of likely N-dealkylation sites (N-methyl/N-ethyl adjacent to an activating group) is 1. The second kappa shape index (κ2) is 5.47. The Morgan fingerprint density at radius 2 is 2.24 bits per heavy atom. The number of aliphatic hydroxyl groups is 1. The van der Waals surface area contributed by atoms with E-state index in [4.69, 9.17) is 0 Å². The first kappa shape index (κ1) is 12.3. The standard InChI is InChI=1S/C13H20N2O2/c1-14(10-11-8-12(16)9-11)6-7-15-5-3-2-4-13(15)17/h2-5,11-12,16H,6-10H2,1H3. The Kier molecular flexibility index (Phi) is 3.97. The van der Waals surface area contributed by atoms with Crippen molar-refractivity contribution in [2.75, 3.05) is 20.1 Å². The fraction of sp³-hybridized carbons (Fsp3) is 0.615. The summed E-state index contributed by atoms with van der Waals surface area (Å²) in [6, 6.07) is 5.23. The van der Waals surface area contributed by atoms with Gasteiger partial charge in [0.15, 0.2) is 0 Å². The SMILES string of the molecule is CN(CCn1ccccc1=O)CC1CC(O)C1. The summed E-state index contributed by atoms with van der Waals surface area (Å²) in [7, 11) is 2.07. The number of aliphatic hydroxyl groups excluding tert-OH is 1. The maximum absolute atomic E-state index is 11.5. The molecule has 1 fully saturated rings. The highest BCUT2D eigenvalue weighted by molar-refractivity contribution is 4.93. The second-order valence-corrected chi connectivity index (χ2v) is 4.99. The fourth-order valence-corrected chi connectivity index (χ4v) is 2.31. The number of hydrogen-bond donors (Lipinski definition) is 1. The Bertz CT molecular complexity index is 410. The third-order valence-corrected chi connectivity index (χ3v) is 3.40. The van der Waals surface area contributed by atoms with Crippen LogP contribution in [0.2, 0.25) is 0 Å². The van der Waals surface area contributed by atoms with E-state index in [-0.39, 0.29) is 11.7 Å². The monoisotopic (exact) mass is 236 g/mol. The van der Waals surface area contributed by atoms with Crippen LogP contribution in [0, 0.1) is 5.92 Å². The second-order valence-electron chi connectivity index (χ2n) is 4.99. The van der Waals surface area contributed by atoms with Gasteiger partial charge < -0.3 is 14.6 Å². The summed E-state index contributed by atoms with van der Waals surface area (Å²) < 4.78 is 1.73. The Hall–Kier alpha value is -1.13. The molecule has 0 radical (unpaired) electrons. The molecule has 0 atom stereocenters. The van der Waals surface area contributed by atoms with E-state index >= 15 is 0 Å². The lowest BCUT2D eigenvalue weighted by Crippen LogP contribution is -2.38. The predicted molar refractivity (Wildman–Crippen MR) is 66.9 cm³/mol.